The summed E-state index contributed by atoms with van der Waals surface area (Å²) >= 11 is 5.22. The van der Waals surface area contributed by atoms with E-state index in [1.807, 2.05) is 43.3 Å². The van der Waals surface area contributed by atoms with Crippen molar-refractivity contribution in [3.8, 4) is 0 Å². The van der Waals surface area contributed by atoms with Crippen LogP contribution in [0.15, 0.2) is 56.7 Å². The second-order valence-corrected chi connectivity index (χ2v) is 6.09. The van der Waals surface area contributed by atoms with E-state index in [1.54, 1.807) is 11.8 Å². The zero-order valence-corrected chi connectivity index (χ0v) is 12.8. The van der Waals surface area contributed by atoms with Crippen molar-refractivity contribution in [3.05, 3.63) is 46.9 Å². The Kier molecular flexibility index (Phi) is 4.19. The quantitative estimate of drug-likeness (QED) is 0.856. The molecule has 0 unspecified atom stereocenters. The predicted molar refractivity (Wildman–Crippen MR) is 83.4 cm³/mol. The fraction of sp³-hybridized carbons (Fsp3) is 0.143. The van der Waals surface area contributed by atoms with Crippen molar-refractivity contribution < 1.29 is 0 Å². The summed E-state index contributed by atoms with van der Waals surface area (Å²) in [4.78, 5) is 4.29. The summed E-state index contributed by atoms with van der Waals surface area (Å²) in [5.41, 5.74) is 8.02. The summed E-state index contributed by atoms with van der Waals surface area (Å²) in [7, 11) is 4.02. The minimum absolute atomic E-state index is 0.807. The van der Waals surface area contributed by atoms with Crippen molar-refractivity contribution in [2.24, 2.45) is 0 Å². The molecule has 4 heteroatoms. The third kappa shape index (κ3) is 3.00. The lowest BCUT2D eigenvalue weighted by molar-refractivity contribution is 1.13. The van der Waals surface area contributed by atoms with Crippen LogP contribution in [0.4, 0.5) is 11.4 Å². The molecule has 0 saturated heterocycles. The van der Waals surface area contributed by atoms with Gasteiger partial charge >= 0.3 is 0 Å². The monoisotopic (exact) mass is 322 g/mol. The molecule has 2 nitrogen and oxygen atoms in total. The van der Waals surface area contributed by atoms with Crippen molar-refractivity contribution in [2.45, 2.75) is 9.79 Å². The van der Waals surface area contributed by atoms with Crippen LogP contribution in [-0.4, -0.2) is 14.1 Å². The minimum atomic E-state index is 0.807. The summed E-state index contributed by atoms with van der Waals surface area (Å²) in [5.74, 6) is 0. The Hall–Kier alpha value is -1.13. The van der Waals surface area contributed by atoms with E-state index in [-0.39, 0.29) is 0 Å². The van der Waals surface area contributed by atoms with Crippen molar-refractivity contribution in [1.82, 2.24) is 0 Å². The second-order valence-electron chi connectivity index (χ2n) is 4.15. The number of halogens is 1. The van der Waals surface area contributed by atoms with Gasteiger partial charge in [-0.3, -0.25) is 0 Å². The van der Waals surface area contributed by atoms with Crippen LogP contribution < -0.4 is 10.6 Å². The van der Waals surface area contributed by atoms with Gasteiger partial charge in [0.2, 0.25) is 0 Å². The smallest absolute Gasteiger partial charge is 0.0476 e. The van der Waals surface area contributed by atoms with E-state index in [2.05, 4.69) is 34.1 Å². The van der Waals surface area contributed by atoms with Crippen LogP contribution in [0.1, 0.15) is 0 Å². The highest BCUT2D eigenvalue weighted by Gasteiger charge is 2.06. The van der Waals surface area contributed by atoms with Gasteiger partial charge in [-0.15, -0.1) is 0 Å². The van der Waals surface area contributed by atoms with Crippen LogP contribution in [0.5, 0.6) is 0 Å². The number of anilines is 2. The van der Waals surface area contributed by atoms with Gasteiger partial charge in [-0.25, -0.2) is 0 Å². The van der Waals surface area contributed by atoms with E-state index in [0.29, 0.717) is 0 Å². The zero-order valence-electron chi connectivity index (χ0n) is 10.4. The molecular formula is C14H15BrN2S. The van der Waals surface area contributed by atoms with Crippen LogP contribution in [0.3, 0.4) is 0 Å². The molecule has 2 aromatic rings. The van der Waals surface area contributed by atoms with Gasteiger partial charge in [0.25, 0.3) is 0 Å². The highest BCUT2D eigenvalue weighted by molar-refractivity contribution is 9.10. The fourth-order valence-electron chi connectivity index (χ4n) is 1.55. The first-order chi connectivity index (χ1) is 8.58. The molecule has 0 radical (unpaired) electrons. The van der Waals surface area contributed by atoms with Crippen LogP contribution >= 0.6 is 27.7 Å². The van der Waals surface area contributed by atoms with Crippen molar-refractivity contribution in [3.63, 3.8) is 0 Å². The molecule has 0 saturated carbocycles. The topological polar surface area (TPSA) is 29.3 Å². The maximum atomic E-state index is 6.09. The highest BCUT2D eigenvalue weighted by atomic mass is 79.9. The molecule has 0 aromatic heterocycles. The van der Waals surface area contributed by atoms with Crippen LogP contribution in [0.25, 0.3) is 0 Å². The Bertz CT molecular complexity index is 555. The lowest BCUT2D eigenvalue weighted by Crippen LogP contribution is -2.08. The molecule has 0 aliphatic carbocycles. The van der Waals surface area contributed by atoms with Gasteiger partial charge < -0.3 is 10.6 Å². The predicted octanol–water partition coefficient (Wildman–Crippen LogP) is 4.25. The SMILES string of the molecule is CN(C)c1ccc(Sc2ccccc2Br)c(N)c1. The molecule has 2 aromatic carbocycles. The molecule has 0 bridgehead atoms. The summed E-state index contributed by atoms with van der Waals surface area (Å²) in [6.07, 6.45) is 0. The number of hydrogen-bond donors (Lipinski definition) is 1. The molecule has 2 N–H and O–H groups in total. The van der Waals surface area contributed by atoms with Gasteiger partial charge in [-0.2, -0.15) is 0 Å². The Morgan fingerprint density at radius 3 is 2.39 bits per heavy atom. The van der Waals surface area contributed by atoms with Gasteiger partial charge in [0.05, 0.1) is 0 Å². The van der Waals surface area contributed by atoms with E-state index in [1.165, 1.54) is 4.90 Å². The van der Waals surface area contributed by atoms with Crippen LogP contribution in [0.2, 0.25) is 0 Å². The van der Waals surface area contributed by atoms with Crippen molar-refractivity contribution in [2.75, 3.05) is 24.7 Å². The van der Waals surface area contributed by atoms with Crippen molar-refractivity contribution in [1.29, 1.82) is 0 Å². The average molecular weight is 323 g/mol. The molecule has 0 atom stereocenters. The molecular weight excluding hydrogens is 308 g/mol. The molecule has 18 heavy (non-hydrogen) atoms. The third-order valence-electron chi connectivity index (χ3n) is 2.57. The number of nitrogens with zero attached hydrogens (tertiary/aromatic N) is 1. The third-order valence-corrected chi connectivity index (χ3v) is 4.69. The maximum Gasteiger partial charge on any atom is 0.0476 e. The van der Waals surface area contributed by atoms with E-state index in [0.717, 1.165) is 20.7 Å². The standard InChI is InChI=1S/C14H15BrN2S/c1-17(2)10-7-8-14(12(16)9-10)18-13-6-4-3-5-11(13)15/h3-9H,16H2,1-2H3. The van der Waals surface area contributed by atoms with Crippen LogP contribution in [0, 0.1) is 0 Å². The van der Waals surface area contributed by atoms with Crippen LogP contribution in [-0.2, 0) is 0 Å². The number of hydrogen-bond acceptors (Lipinski definition) is 3. The normalized spacial score (nSPS) is 10.4. The molecule has 0 aliphatic rings. The van der Waals surface area contributed by atoms with E-state index < -0.39 is 0 Å². The fourth-order valence-corrected chi connectivity index (χ4v) is 2.94. The van der Waals surface area contributed by atoms with E-state index in [4.69, 9.17) is 5.73 Å². The van der Waals surface area contributed by atoms with Crippen molar-refractivity contribution >= 4 is 39.1 Å². The zero-order chi connectivity index (χ0) is 13.1. The summed E-state index contributed by atoms with van der Waals surface area (Å²) < 4.78 is 1.09. The molecule has 0 aliphatic heterocycles. The lowest BCUT2D eigenvalue weighted by atomic mass is 10.2. The molecule has 2 rings (SSSR count). The molecule has 0 spiro atoms. The van der Waals surface area contributed by atoms with Gasteiger partial charge in [0.1, 0.15) is 0 Å². The number of benzene rings is 2. The Balaban J connectivity index is 2.28. The summed E-state index contributed by atoms with van der Waals surface area (Å²) in [6.45, 7) is 0. The Labute approximate surface area is 120 Å². The first kappa shape index (κ1) is 13.3. The average Bonchev–Trinajstić information content (AvgIpc) is 2.34. The molecule has 0 amide bonds. The van der Waals surface area contributed by atoms with Gasteiger partial charge in [-0.1, -0.05) is 23.9 Å². The van der Waals surface area contributed by atoms with Gasteiger partial charge in [0, 0.05) is 39.7 Å². The highest BCUT2D eigenvalue weighted by Crippen LogP contribution is 2.37. The Morgan fingerprint density at radius 2 is 1.78 bits per heavy atom. The lowest BCUT2D eigenvalue weighted by Gasteiger charge is -2.14. The maximum absolute atomic E-state index is 6.09. The summed E-state index contributed by atoms with van der Waals surface area (Å²) in [6, 6.07) is 14.3. The first-order valence-corrected chi connectivity index (χ1v) is 7.18. The second kappa shape index (κ2) is 5.67. The van der Waals surface area contributed by atoms with E-state index >= 15 is 0 Å². The molecule has 0 fully saturated rings. The molecule has 0 heterocycles. The largest absolute Gasteiger partial charge is 0.398 e. The number of nitrogen functional groups attached to an aromatic ring is 1. The summed E-state index contributed by atoms with van der Waals surface area (Å²) in [5, 5.41) is 0. The minimum Gasteiger partial charge on any atom is -0.398 e. The van der Waals surface area contributed by atoms with Gasteiger partial charge in [0.15, 0.2) is 0 Å². The Morgan fingerprint density at radius 1 is 1.06 bits per heavy atom. The number of nitrogens with two attached hydrogens (primary N) is 1. The number of rotatable bonds is 3. The molecule has 94 valence electrons. The van der Waals surface area contributed by atoms with Gasteiger partial charge in [-0.05, 0) is 46.3 Å². The van der Waals surface area contributed by atoms with E-state index in [9.17, 15) is 0 Å². The first-order valence-electron chi connectivity index (χ1n) is 5.57.